The monoisotopic (exact) mass is 554 g/mol. The van der Waals surface area contributed by atoms with Gasteiger partial charge in [-0.25, -0.2) is 4.79 Å². The van der Waals surface area contributed by atoms with Gasteiger partial charge in [-0.2, -0.15) is 0 Å². The number of hydrogen-bond acceptors (Lipinski definition) is 4. The summed E-state index contributed by atoms with van der Waals surface area (Å²) in [5.74, 6) is 0.0307. The molecular formula is C33H52N3O4+. The summed E-state index contributed by atoms with van der Waals surface area (Å²) in [5, 5.41) is 13.3. The van der Waals surface area contributed by atoms with E-state index in [2.05, 4.69) is 65.7 Å². The number of ether oxygens (including phenoxy) is 1. The molecule has 1 atom stereocenters. The molecule has 2 amide bonds. The van der Waals surface area contributed by atoms with E-state index in [1.54, 1.807) is 0 Å². The largest absolute Gasteiger partial charge is 0.516 e. The Labute approximate surface area is 242 Å². The fraction of sp³-hybridized carbons (Fsp3) is 0.515. The number of nitrogens with zero attached hydrogens (tertiary/aromatic N) is 1. The molecular weight excluding hydrogens is 502 g/mol. The number of benzene rings is 2. The number of urea groups is 1. The predicted octanol–water partition coefficient (Wildman–Crippen LogP) is 6.50. The maximum atomic E-state index is 12.4. The molecule has 0 saturated heterocycles. The van der Waals surface area contributed by atoms with Gasteiger partial charge in [-0.3, -0.25) is 4.79 Å². The summed E-state index contributed by atoms with van der Waals surface area (Å²) in [7, 11) is 6.14. The van der Waals surface area contributed by atoms with Crippen LogP contribution in [-0.4, -0.2) is 68.5 Å². The summed E-state index contributed by atoms with van der Waals surface area (Å²) in [5.41, 5.74) is 3.90. The summed E-state index contributed by atoms with van der Waals surface area (Å²) in [4.78, 5) is 24.6. The average molecular weight is 555 g/mol. The lowest BCUT2D eigenvalue weighted by Crippen LogP contribution is -2.52. The van der Waals surface area contributed by atoms with E-state index in [0.29, 0.717) is 30.1 Å². The lowest BCUT2D eigenvalue weighted by atomic mass is 10.0. The highest BCUT2D eigenvalue weighted by atomic mass is 16.5. The molecule has 7 nitrogen and oxygen atoms in total. The van der Waals surface area contributed by atoms with Crippen molar-refractivity contribution in [3.8, 4) is 11.1 Å². The van der Waals surface area contributed by atoms with Crippen LogP contribution in [0, 0.1) is 5.92 Å². The average Bonchev–Trinajstić information content (AvgIpc) is 2.89. The topological polar surface area (TPSA) is 87.7 Å². The van der Waals surface area contributed by atoms with Gasteiger partial charge in [0.05, 0.1) is 53.0 Å². The normalized spacial score (nSPS) is 11.7. The van der Waals surface area contributed by atoms with E-state index < -0.39 is 0 Å². The second-order valence-electron chi connectivity index (χ2n) is 11.6. The van der Waals surface area contributed by atoms with Gasteiger partial charge >= 0.3 is 12.0 Å². The minimum atomic E-state index is -0.264. The van der Waals surface area contributed by atoms with Gasteiger partial charge in [-0.05, 0) is 41.9 Å². The number of unbranched alkanes of at least 4 members (excludes halogenated alkanes) is 4. The maximum absolute atomic E-state index is 12.4. The molecule has 7 heteroatoms. The third kappa shape index (κ3) is 17.3. The molecule has 0 aliphatic heterocycles. The van der Waals surface area contributed by atoms with Gasteiger partial charge in [-0.1, -0.05) is 94.3 Å². The smallest absolute Gasteiger partial charge is 0.315 e. The number of esters is 1. The standard InChI is InChI=1S/C31H47N3O3.C2H4O/c1-25(2)24-37-30(35)22-29(23-34(3,4)5)33-31(36)32-21-13-8-6-7-10-14-26-17-19-28(20-18-26)27-15-11-9-12-16-27;1-2-3/h9,11-12,15-20,25,29H,6-8,10,13-14,21-24H2,1-5H3,(H-,32,33,36);2-3H,1H2/p+1/t29-;/m1./s1. The van der Waals surface area contributed by atoms with Crippen molar-refractivity contribution in [2.45, 2.75) is 64.8 Å². The van der Waals surface area contributed by atoms with E-state index in [1.165, 1.54) is 29.5 Å². The first-order valence-corrected chi connectivity index (χ1v) is 14.4. The molecule has 2 aromatic carbocycles. The molecule has 222 valence electrons. The van der Waals surface area contributed by atoms with Crippen LogP contribution in [0.15, 0.2) is 67.4 Å². The molecule has 0 radical (unpaired) electrons. The Bertz CT molecular complexity index is 969. The molecule has 40 heavy (non-hydrogen) atoms. The highest BCUT2D eigenvalue weighted by Crippen LogP contribution is 2.20. The van der Waals surface area contributed by atoms with Gasteiger partial charge in [-0.15, -0.1) is 0 Å². The van der Waals surface area contributed by atoms with E-state index in [0.717, 1.165) is 31.9 Å². The molecule has 3 N–H and O–H groups in total. The van der Waals surface area contributed by atoms with E-state index in [4.69, 9.17) is 9.84 Å². The summed E-state index contributed by atoms with van der Waals surface area (Å²) >= 11 is 0. The Morgan fingerprint density at radius 2 is 1.50 bits per heavy atom. The van der Waals surface area contributed by atoms with Crippen molar-refractivity contribution in [2.75, 3.05) is 40.8 Å². The Balaban J connectivity index is 0.00000254. The Morgan fingerprint density at radius 3 is 2.10 bits per heavy atom. The number of aryl methyl sites for hydroxylation is 1. The van der Waals surface area contributed by atoms with Crippen molar-refractivity contribution in [3.63, 3.8) is 0 Å². The Morgan fingerprint density at radius 1 is 0.925 bits per heavy atom. The highest BCUT2D eigenvalue weighted by Gasteiger charge is 2.23. The Hall–Kier alpha value is -3.32. The number of amides is 2. The van der Waals surface area contributed by atoms with E-state index in [-0.39, 0.29) is 24.5 Å². The molecule has 2 rings (SSSR count). The zero-order valence-corrected chi connectivity index (χ0v) is 25.3. The second-order valence-corrected chi connectivity index (χ2v) is 11.6. The SMILES string of the molecule is C=CO.CC(C)COC(=O)C[C@H](C[N+](C)(C)C)NC(=O)NCCCCCCCc1ccc(-c2ccccc2)cc1. The number of carbonyl (C=O) groups is 2. The Kier molecular flexibility index (Phi) is 17.1. The zero-order valence-electron chi connectivity index (χ0n) is 25.3. The van der Waals surface area contributed by atoms with E-state index >= 15 is 0 Å². The number of rotatable bonds is 16. The molecule has 0 heterocycles. The number of aliphatic hydroxyl groups is 1. The molecule has 0 aliphatic carbocycles. The van der Waals surface area contributed by atoms with Crippen LogP contribution in [0.1, 0.15) is 57.9 Å². The fourth-order valence-electron chi connectivity index (χ4n) is 4.26. The fourth-order valence-corrected chi connectivity index (χ4v) is 4.26. The first-order chi connectivity index (χ1) is 19.0. The third-order valence-corrected chi connectivity index (χ3v) is 6.08. The summed E-state index contributed by atoms with van der Waals surface area (Å²) < 4.78 is 5.96. The van der Waals surface area contributed by atoms with Crippen LogP contribution in [0.4, 0.5) is 4.79 Å². The van der Waals surface area contributed by atoms with Gasteiger partial charge in [0, 0.05) is 6.54 Å². The summed E-state index contributed by atoms with van der Waals surface area (Å²) in [6.45, 7) is 8.63. The van der Waals surface area contributed by atoms with Gasteiger partial charge < -0.3 is 25.0 Å². The minimum absolute atomic E-state index is 0.185. The predicted molar refractivity (Wildman–Crippen MR) is 165 cm³/mol. The molecule has 0 saturated carbocycles. The third-order valence-electron chi connectivity index (χ3n) is 6.08. The zero-order chi connectivity index (χ0) is 29.8. The first kappa shape index (κ1) is 34.7. The first-order valence-electron chi connectivity index (χ1n) is 14.4. The molecule has 0 aromatic heterocycles. The molecule has 0 spiro atoms. The van der Waals surface area contributed by atoms with Crippen molar-refractivity contribution in [3.05, 3.63) is 73.0 Å². The van der Waals surface area contributed by atoms with Crippen molar-refractivity contribution in [1.82, 2.24) is 10.6 Å². The van der Waals surface area contributed by atoms with Crippen LogP contribution in [0.3, 0.4) is 0 Å². The van der Waals surface area contributed by atoms with Crippen LogP contribution < -0.4 is 10.6 Å². The summed E-state index contributed by atoms with van der Waals surface area (Å²) in [6.07, 6.45) is 7.62. The van der Waals surface area contributed by atoms with E-state index in [9.17, 15) is 9.59 Å². The molecule has 0 bridgehead atoms. The number of carbonyl (C=O) groups excluding carboxylic acids is 2. The van der Waals surface area contributed by atoms with Crippen LogP contribution in [0.5, 0.6) is 0 Å². The second kappa shape index (κ2) is 19.7. The van der Waals surface area contributed by atoms with Gasteiger partial charge in [0.2, 0.25) is 0 Å². The van der Waals surface area contributed by atoms with Crippen molar-refractivity contribution in [2.24, 2.45) is 5.92 Å². The summed E-state index contributed by atoms with van der Waals surface area (Å²) in [6, 6.07) is 18.9. The van der Waals surface area contributed by atoms with Crippen molar-refractivity contribution < 1.29 is 23.9 Å². The number of likely N-dealkylation sites (N-methyl/N-ethyl adjacent to an activating group) is 1. The number of aliphatic hydroxyl groups excluding tert-OH is 1. The quantitative estimate of drug-likeness (QED) is 0.0957. The molecule has 0 unspecified atom stereocenters. The highest BCUT2D eigenvalue weighted by molar-refractivity contribution is 5.76. The van der Waals surface area contributed by atoms with E-state index in [1.807, 2.05) is 41.1 Å². The number of hydrogen-bond donors (Lipinski definition) is 3. The van der Waals surface area contributed by atoms with Gasteiger partial charge in [0.1, 0.15) is 0 Å². The maximum Gasteiger partial charge on any atom is 0.315 e. The van der Waals surface area contributed by atoms with Crippen LogP contribution in [0.2, 0.25) is 0 Å². The van der Waals surface area contributed by atoms with Crippen molar-refractivity contribution >= 4 is 12.0 Å². The molecule has 0 fully saturated rings. The molecule has 0 aliphatic rings. The van der Waals surface area contributed by atoms with Crippen LogP contribution in [-0.2, 0) is 16.0 Å². The van der Waals surface area contributed by atoms with Crippen LogP contribution in [0.25, 0.3) is 11.1 Å². The minimum Gasteiger partial charge on any atom is -0.516 e. The molecule has 2 aromatic rings. The van der Waals surface area contributed by atoms with Crippen LogP contribution >= 0.6 is 0 Å². The van der Waals surface area contributed by atoms with Crippen molar-refractivity contribution in [1.29, 1.82) is 0 Å². The number of quaternary nitrogens is 1. The number of nitrogens with one attached hydrogen (secondary N) is 2. The lowest BCUT2D eigenvalue weighted by Gasteiger charge is -2.29. The van der Waals surface area contributed by atoms with Gasteiger partial charge in [0.25, 0.3) is 0 Å². The van der Waals surface area contributed by atoms with Gasteiger partial charge in [0.15, 0.2) is 0 Å². The lowest BCUT2D eigenvalue weighted by molar-refractivity contribution is -0.871.